The highest BCUT2D eigenvalue weighted by Crippen LogP contribution is 2.50. The second-order valence-electron chi connectivity index (χ2n) is 20.6. The summed E-state index contributed by atoms with van der Waals surface area (Å²) in [6.07, 6.45) is 14.4. The minimum Gasteiger partial charge on any atom is -0.333 e. The standard InChI is InChI=1S/C25H38ClNO.C24H34ClNO2/c1-8-9-13-24(5,6)21-17-27-22(28)16-25(21,7)19-11-10-18(20(26)15-19)12-14-23(2,3)4;1-22(2,3)12-10-17-8-9-18(14-19(17)25)24(6)15-21(28)26-16-20(24)23(4,5)11-7-13-27/h10-11,15,17H,8-9,12-14,16H2,1-7H3,(H,27,28);8-9,13-14,16H,7,10-12,15H2,1-6H3,(H,26,28). The number of unbranched alkanes of at least 4 members (excludes halogenated alkanes) is 1. The minimum absolute atomic E-state index is 0.00497. The summed E-state index contributed by atoms with van der Waals surface area (Å²) in [6, 6.07) is 12.7. The Balaban J connectivity index is 0.000000300. The predicted octanol–water partition coefficient (Wildman–Crippen LogP) is 13.2. The normalized spacial score (nSPS) is 20.6. The third-order valence-corrected chi connectivity index (χ3v) is 12.8. The molecule has 5 nitrogen and oxygen atoms in total. The molecule has 0 saturated heterocycles. The summed E-state index contributed by atoms with van der Waals surface area (Å²) < 4.78 is 0. The zero-order chi connectivity index (χ0) is 42.3. The van der Waals surface area contributed by atoms with Gasteiger partial charge in [0.2, 0.25) is 11.8 Å². The molecule has 2 atom stereocenters. The number of allylic oxidation sites excluding steroid dienone is 2. The van der Waals surface area contributed by atoms with Crippen LogP contribution in [0.5, 0.6) is 0 Å². The van der Waals surface area contributed by atoms with Gasteiger partial charge in [0.25, 0.3) is 0 Å². The Morgan fingerprint density at radius 2 is 1.04 bits per heavy atom. The third kappa shape index (κ3) is 12.6. The van der Waals surface area contributed by atoms with E-state index in [0.29, 0.717) is 19.3 Å². The largest absolute Gasteiger partial charge is 0.333 e. The molecule has 2 aromatic carbocycles. The maximum absolute atomic E-state index is 12.3. The van der Waals surface area contributed by atoms with Gasteiger partial charge in [-0.25, -0.2) is 0 Å². The summed E-state index contributed by atoms with van der Waals surface area (Å²) in [4.78, 5) is 35.5. The van der Waals surface area contributed by atoms with Crippen molar-refractivity contribution >= 4 is 41.3 Å². The zero-order valence-corrected chi connectivity index (χ0v) is 38.5. The van der Waals surface area contributed by atoms with Crippen molar-refractivity contribution < 1.29 is 14.4 Å². The van der Waals surface area contributed by atoms with Crippen molar-refractivity contribution in [1.29, 1.82) is 0 Å². The lowest BCUT2D eigenvalue weighted by atomic mass is 9.62. The van der Waals surface area contributed by atoms with E-state index in [1.165, 1.54) is 24.0 Å². The molecule has 310 valence electrons. The number of hydrogen-bond acceptors (Lipinski definition) is 3. The van der Waals surface area contributed by atoms with Gasteiger partial charge < -0.3 is 15.4 Å². The van der Waals surface area contributed by atoms with Gasteiger partial charge in [-0.3, -0.25) is 9.59 Å². The summed E-state index contributed by atoms with van der Waals surface area (Å²) >= 11 is 13.4. The van der Waals surface area contributed by atoms with Crippen LogP contribution in [0.2, 0.25) is 10.0 Å². The van der Waals surface area contributed by atoms with Crippen molar-refractivity contribution in [2.24, 2.45) is 21.7 Å². The van der Waals surface area contributed by atoms with Gasteiger partial charge >= 0.3 is 0 Å². The minimum atomic E-state index is -0.444. The molecule has 2 unspecified atom stereocenters. The highest BCUT2D eigenvalue weighted by molar-refractivity contribution is 6.31. The van der Waals surface area contributed by atoms with E-state index >= 15 is 0 Å². The summed E-state index contributed by atoms with van der Waals surface area (Å²) in [7, 11) is 0. The van der Waals surface area contributed by atoms with Crippen molar-refractivity contribution in [3.63, 3.8) is 0 Å². The Bertz CT molecular complexity index is 1770. The van der Waals surface area contributed by atoms with Crippen molar-refractivity contribution in [1.82, 2.24) is 10.6 Å². The number of carbonyl (C=O) groups is 3. The lowest BCUT2D eigenvalue weighted by molar-refractivity contribution is -0.122. The van der Waals surface area contributed by atoms with E-state index in [9.17, 15) is 14.4 Å². The summed E-state index contributed by atoms with van der Waals surface area (Å²) in [5, 5.41) is 7.43. The average molecular weight is 808 g/mol. The van der Waals surface area contributed by atoms with Crippen LogP contribution in [0.1, 0.15) is 170 Å². The summed E-state index contributed by atoms with van der Waals surface area (Å²) in [5.74, 6) is 0.0795. The first-order valence-electron chi connectivity index (χ1n) is 20.8. The Labute approximate surface area is 350 Å². The van der Waals surface area contributed by atoms with Crippen molar-refractivity contribution in [3.8, 4) is 0 Å². The monoisotopic (exact) mass is 806 g/mol. The molecule has 2 heterocycles. The van der Waals surface area contributed by atoms with Gasteiger partial charge in [-0.15, -0.1) is 0 Å². The van der Waals surface area contributed by atoms with Crippen LogP contribution in [-0.2, 0) is 38.1 Å². The van der Waals surface area contributed by atoms with E-state index < -0.39 is 5.41 Å². The van der Waals surface area contributed by atoms with Crippen LogP contribution in [-0.4, -0.2) is 18.1 Å². The first kappa shape index (κ1) is 47.5. The molecule has 56 heavy (non-hydrogen) atoms. The number of aldehydes is 1. The fraction of sp³-hybridized carbons (Fsp3) is 0.612. The van der Waals surface area contributed by atoms with Gasteiger partial charge in [-0.05, 0) is 106 Å². The second kappa shape index (κ2) is 18.8. The van der Waals surface area contributed by atoms with Gasteiger partial charge in [-0.1, -0.05) is 150 Å². The van der Waals surface area contributed by atoms with Crippen molar-refractivity contribution in [3.05, 3.63) is 92.2 Å². The Kier molecular flexibility index (Phi) is 15.9. The molecule has 0 aromatic heterocycles. The topological polar surface area (TPSA) is 75.3 Å². The van der Waals surface area contributed by atoms with Gasteiger partial charge in [0, 0.05) is 52.5 Å². The maximum Gasteiger partial charge on any atom is 0.225 e. The Morgan fingerprint density at radius 3 is 1.38 bits per heavy atom. The van der Waals surface area contributed by atoms with Crippen LogP contribution in [0.4, 0.5) is 0 Å². The second-order valence-corrected chi connectivity index (χ2v) is 21.4. The van der Waals surface area contributed by atoms with Crippen LogP contribution in [0.3, 0.4) is 0 Å². The number of nitrogens with one attached hydrogen (secondary N) is 2. The van der Waals surface area contributed by atoms with Gasteiger partial charge in [0.1, 0.15) is 6.29 Å². The SMILES string of the molecule is CC(C)(C)CCc1ccc(C2(C)CC(=O)NC=C2C(C)(C)CCC=O)cc1Cl.CCCCC(C)(C)C1=CNC(=O)CC1(C)c1ccc(CCC(C)(C)C)c(Cl)c1. The quantitative estimate of drug-likeness (QED) is 0.187. The fourth-order valence-electron chi connectivity index (χ4n) is 8.47. The van der Waals surface area contributed by atoms with Crippen molar-refractivity contribution in [2.45, 2.75) is 171 Å². The number of rotatable bonds is 14. The number of aryl methyl sites for hydroxylation is 2. The van der Waals surface area contributed by atoms with E-state index in [-0.39, 0.29) is 38.9 Å². The van der Waals surface area contributed by atoms with E-state index in [2.05, 4.69) is 131 Å². The number of hydrogen-bond donors (Lipinski definition) is 2. The molecule has 2 aliphatic rings. The summed E-state index contributed by atoms with van der Waals surface area (Å²) in [6.45, 7) is 28.9. The average Bonchev–Trinajstić information content (AvgIpc) is 3.08. The zero-order valence-electron chi connectivity index (χ0n) is 37.0. The Hall–Kier alpha value is -2.89. The van der Waals surface area contributed by atoms with Crippen LogP contribution < -0.4 is 10.6 Å². The lowest BCUT2D eigenvalue weighted by Gasteiger charge is -2.43. The van der Waals surface area contributed by atoms with Gasteiger partial charge in [-0.2, -0.15) is 0 Å². The molecule has 2 amide bonds. The number of carbonyl (C=O) groups excluding carboxylic acids is 3. The number of halogens is 2. The highest BCUT2D eigenvalue weighted by atomic mass is 35.5. The van der Waals surface area contributed by atoms with E-state index in [0.717, 1.165) is 77.1 Å². The molecule has 0 bridgehead atoms. The third-order valence-electron chi connectivity index (χ3n) is 12.1. The lowest BCUT2D eigenvalue weighted by Crippen LogP contribution is -2.43. The predicted molar refractivity (Wildman–Crippen MR) is 237 cm³/mol. The molecular weight excluding hydrogens is 735 g/mol. The van der Waals surface area contributed by atoms with E-state index in [1.54, 1.807) is 0 Å². The molecule has 4 rings (SSSR count). The van der Waals surface area contributed by atoms with Crippen molar-refractivity contribution in [2.75, 3.05) is 0 Å². The molecule has 7 heteroatoms. The van der Waals surface area contributed by atoms with Gasteiger partial charge in [0.15, 0.2) is 0 Å². The molecule has 0 fully saturated rings. The molecule has 0 saturated carbocycles. The molecule has 2 aromatic rings. The highest BCUT2D eigenvalue weighted by Gasteiger charge is 2.44. The van der Waals surface area contributed by atoms with Crippen LogP contribution >= 0.6 is 23.2 Å². The molecule has 0 aliphatic carbocycles. The Morgan fingerprint density at radius 1 is 0.643 bits per heavy atom. The molecule has 0 radical (unpaired) electrons. The van der Waals surface area contributed by atoms with Crippen LogP contribution in [0.25, 0.3) is 0 Å². The smallest absolute Gasteiger partial charge is 0.225 e. The number of amides is 2. The molecular formula is C49H72Cl2N2O3. The first-order valence-corrected chi connectivity index (χ1v) is 21.6. The molecule has 2 N–H and O–H groups in total. The summed E-state index contributed by atoms with van der Waals surface area (Å²) in [5.41, 5.74) is 6.56. The molecule has 2 aliphatic heterocycles. The first-order chi connectivity index (χ1) is 25.8. The molecule has 0 spiro atoms. The number of benzene rings is 2. The fourth-order valence-corrected chi connectivity index (χ4v) is 9.02. The maximum atomic E-state index is 12.3. The van der Waals surface area contributed by atoms with Gasteiger partial charge in [0.05, 0.1) is 0 Å². The van der Waals surface area contributed by atoms with Crippen LogP contribution in [0, 0.1) is 21.7 Å². The van der Waals surface area contributed by atoms with E-state index in [1.807, 2.05) is 18.5 Å². The van der Waals surface area contributed by atoms with Crippen LogP contribution in [0.15, 0.2) is 59.9 Å². The van der Waals surface area contributed by atoms with E-state index in [4.69, 9.17) is 23.2 Å².